The number of hydrogen-bond donors (Lipinski definition) is 2. The normalized spacial score (nSPS) is 11.5. The highest BCUT2D eigenvalue weighted by Gasteiger charge is 2.17. The van der Waals surface area contributed by atoms with Gasteiger partial charge in [0.2, 0.25) is 5.91 Å². The summed E-state index contributed by atoms with van der Waals surface area (Å²) in [7, 11) is 0. The summed E-state index contributed by atoms with van der Waals surface area (Å²) in [6.07, 6.45) is 0.781. The fourth-order valence-electron chi connectivity index (χ4n) is 2.11. The lowest BCUT2D eigenvalue weighted by atomic mass is 10.1. The number of nitrogens with two attached hydrogens (primary N) is 1. The maximum atomic E-state index is 11.8. The van der Waals surface area contributed by atoms with E-state index in [9.17, 15) is 9.59 Å². The third kappa shape index (κ3) is 4.57. The first-order valence-electron chi connectivity index (χ1n) is 7.49. The molecule has 0 saturated heterocycles. The van der Waals surface area contributed by atoms with Crippen molar-refractivity contribution in [2.24, 2.45) is 5.73 Å². The highest BCUT2D eigenvalue weighted by molar-refractivity contribution is 5.90. The van der Waals surface area contributed by atoms with E-state index in [4.69, 9.17) is 10.5 Å². The predicted octanol–water partition coefficient (Wildman–Crippen LogP) is 2.89. The fraction of sp³-hybridized carbons (Fsp3) is 0.222. The molecule has 0 radical (unpaired) electrons. The molecule has 0 spiro atoms. The van der Waals surface area contributed by atoms with Crippen molar-refractivity contribution in [2.45, 2.75) is 19.4 Å². The molecular weight excluding hydrogens is 292 g/mol. The Balaban J connectivity index is 2.09. The lowest BCUT2D eigenvalue weighted by Crippen LogP contribution is -2.27. The van der Waals surface area contributed by atoms with Gasteiger partial charge in [-0.3, -0.25) is 4.79 Å². The molecule has 1 atom stereocenters. The minimum Gasteiger partial charge on any atom is -0.462 e. The second-order valence-electron chi connectivity index (χ2n) is 5.10. The number of esters is 1. The molecule has 0 heterocycles. The molecule has 0 bridgehead atoms. The lowest BCUT2D eigenvalue weighted by molar-refractivity contribution is -0.118. The monoisotopic (exact) mass is 312 g/mol. The van der Waals surface area contributed by atoms with Gasteiger partial charge in [-0.25, -0.2) is 4.79 Å². The Morgan fingerprint density at radius 3 is 2.30 bits per heavy atom. The van der Waals surface area contributed by atoms with Crippen molar-refractivity contribution in [2.75, 3.05) is 11.9 Å². The summed E-state index contributed by atoms with van der Waals surface area (Å²) < 4.78 is 5.07. The van der Waals surface area contributed by atoms with E-state index < -0.39 is 11.9 Å². The molecule has 0 aliphatic rings. The number of benzene rings is 2. The van der Waals surface area contributed by atoms with E-state index in [0.29, 0.717) is 17.9 Å². The Morgan fingerprint density at radius 2 is 1.74 bits per heavy atom. The van der Waals surface area contributed by atoms with Crippen LogP contribution in [0.15, 0.2) is 54.6 Å². The molecule has 1 amide bonds. The zero-order valence-corrected chi connectivity index (χ0v) is 13.0. The number of anilines is 1. The van der Waals surface area contributed by atoms with Gasteiger partial charge >= 0.3 is 5.97 Å². The van der Waals surface area contributed by atoms with Gasteiger partial charge in [-0.15, -0.1) is 0 Å². The SMILES string of the molecule is CCCOC(=O)c1ccc(NC(C(N)=O)c2ccccc2)cc1. The molecule has 1 unspecified atom stereocenters. The molecule has 2 aromatic carbocycles. The molecule has 5 heteroatoms. The minimum atomic E-state index is -0.630. The van der Waals surface area contributed by atoms with E-state index in [1.54, 1.807) is 24.3 Å². The van der Waals surface area contributed by atoms with Crippen LogP contribution in [0, 0.1) is 0 Å². The van der Waals surface area contributed by atoms with Crippen molar-refractivity contribution in [3.05, 3.63) is 65.7 Å². The van der Waals surface area contributed by atoms with E-state index in [1.807, 2.05) is 37.3 Å². The average molecular weight is 312 g/mol. The largest absolute Gasteiger partial charge is 0.462 e. The lowest BCUT2D eigenvalue weighted by Gasteiger charge is -2.17. The van der Waals surface area contributed by atoms with E-state index in [-0.39, 0.29) is 5.97 Å². The van der Waals surface area contributed by atoms with Crippen LogP contribution in [-0.4, -0.2) is 18.5 Å². The Labute approximate surface area is 135 Å². The van der Waals surface area contributed by atoms with E-state index in [0.717, 1.165) is 12.0 Å². The van der Waals surface area contributed by atoms with Crippen molar-refractivity contribution in [1.29, 1.82) is 0 Å². The number of ether oxygens (including phenoxy) is 1. The van der Waals surface area contributed by atoms with Crippen molar-refractivity contribution < 1.29 is 14.3 Å². The Hall–Kier alpha value is -2.82. The summed E-state index contributed by atoms with van der Waals surface area (Å²) in [5.74, 6) is -0.824. The summed E-state index contributed by atoms with van der Waals surface area (Å²) in [6, 6.07) is 15.4. The Bertz CT molecular complexity index is 654. The number of primary amides is 1. The minimum absolute atomic E-state index is 0.354. The Morgan fingerprint density at radius 1 is 1.09 bits per heavy atom. The van der Waals surface area contributed by atoms with Crippen LogP contribution in [0.4, 0.5) is 5.69 Å². The van der Waals surface area contributed by atoms with Crippen molar-refractivity contribution in [1.82, 2.24) is 0 Å². The third-order valence-electron chi connectivity index (χ3n) is 3.29. The zero-order chi connectivity index (χ0) is 16.7. The molecular formula is C18H20N2O3. The van der Waals surface area contributed by atoms with Crippen LogP contribution < -0.4 is 11.1 Å². The summed E-state index contributed by atoms with van der Waals surface area (Å²) in [5, 5.41) is 3.08. The van der Waals surface area contributed by atoms with Gasteiger partial charge < -0.3 is 15.8 Å². The quantitative estimate of drug-likeness (QED) is 0.770. The number of hydrogen-bond acceptors (Lipinski definition) is 4. The van der Waals surface area contributed by atoms with Crippen LogP contribution in [0.1, 0.15) is 35.3 Å². The summed E-state index contributed by atoms with van der Waals surface area (Å²) in [5.41, 5.74) is 7.43. The van der Waals surface area contributed by atoms with Gasteiger partial charge in [-0.2, -0.15) is 0 Å². The number of nitrogens with one attached hydrogen (secondary N) is 1. The summed E-state index contributed by atoms with van der Waals surface area (Å²) in [4.78, 5) is 23.4. The molecule has 2 aromatic rings. The molecule has 2 rings (SSSR count). The van der Waals surface area contributed by atoms with E-state index >= 15 is 0 Å². The van der Waals surface area contributed by atoms with Gasteiger partial charge in [0.25, 0.3) is 0 Å². The van der Waals surface area contributed by atoms with Gasteiger partial charge in [-0.1, -0.05) is 37.3 Å². The second kappa shape index (κ2) is 7.98. The second-order valence-corrected chi connectivity index (χ2v) is 5.10. The first-order chi connectivity index (χ1) is 11.1. The molecule has 0 aromatic heterocycles. The van der Waals surface area contributed by atoms with Crippen LogP contribution in [0.25, 0.3) is 0 Å². The Kier molecular flexibility index (Phi) is 5.74. The highest BCUT2D eigenvalue weighted by Crippen LogP contribution is 2.20. The van der Waals surface area contributed by atoms with Crippen molar-refractivity contribution in [3.8, 4) is 0 Å². The van der Waals surface area contributed by atoms with Crippen molar-refractivity contribution in [3.63, 3.8) is 0 Å². The standard InChI is InChI=1S/C18H20N2O3/c1-2-12-23-18(22)14-8-10-15(11-9-14)20-16(17(19)21)13-6-4-3-5-7-13/h3-11,16,20H,2,12H2,1H3,(H2,19,21). The van der Waals surface area contributed by atoms with Gasteiger partial charge in [0.15, 0.2) is 0 Å². The maximum absolute atomic E-state index is 11.8. The van der Waals surface area contributed by atoms with Crippen LogP contribution >= 0.6 is 0 Å². The number of rotatable bonds is 7. The van der Waals surface area contributed by atoms with Gasteiger partial charge in [-0.05, 0) is 36.2 Å². The third-order valence-corrected chi connectivity index (χ3v) is 3.29. The van der Waals surface area contributed by atoms with Gasteiger partial charge in [0.1, 0.15) is 6.04 Å². The van der Waals surface area contributed by atoms with Crippen molar-refractivity contribution >= 4 is 17.6 Å². The van der Waals surface area contributed by atoms with Crippen LogP contribution in [0.5, 0.6) is 0 Å². The fourth-order valence-corrected chi connectivity index (χ4v) is 2.11. The first-order valence-corrected chi connectivity index (χ1v) is 7.49. The van der Waals surface area contributed by atoms with Crippen LogP contribution in [0.3, 0.4) is 0 Å². The smallest absolute Gasteiger partial charge is 0.338 e. The molecule has 0 aliphatic carbocycles. The highest BCUT2D eigenvalue weighted by atomic mass is 16.5. The number of carbonyl (C=O) groups excluding carboxylic acids is 2. The molecule has 23 heavy (non-hydrogen) atoms. The first kappa shape index (κ1) is 16.5. The average Bonchev–Trinajstić information content (AvgIpc) is 2.58. The topological polar surface area (TPSA) is 81.4 Å². The zero-order valence-electron chi connectivity index (χ0n) is 13.0. The number of carbonyl (C=O) groups is 2. The molecule has 0 fully saturated rings. The van der Waals surface area contributed by atoms with Crippen LogP contribution in [-0.2, 0) is 9.53 Å². The maximum Gasteiger partial charge on any atom is 0.338 e. The summed E-state index contributed by atoms with van der Waals surface area (Å²) in [6.45, 7) is 2.34. The van der Waals surface area contributed by atoms with E-state index in [2.05, 4.69) is 5.32 Å². The predicted molar refractivity (Wildman–Crippen MR) is 89.0 cm³/mol. The van der Waals surface area contributed by atoms with Gasteiger partial charge in [0, 0.05) is 5.69 Å². The molecule has 120 valence electrons. The number of amides is 1. The molecule has 3 N–H and O–H groups in total. The molecule has 0 aliphatic heterocycles. The van der Waals surface area contributed by atoms with Crippen LogP contribution in [0.2, 0.25) is 0 Å². The molecule has 0 saturated carbocycles. The molecule has 5 nitrogen and oxygen atoms in total. The van der Waals surface area contributed by atoms with E-state index in [1.165, 1.54) is 0 Å². The van der Waals surface area contributed by atoms with Gasteiger partial charge in [0.05, 0.1) is 12.2 Å². The summed E-state index contributed by atoms with van der Waals surface area (Å²) >= 11 is 0.